The van der Waals surface area contributed by atoms with Gasteiger partial charge in [-0.25, -0.2) is 5.43 Å². The molecule has 11 heavy (non-hydrogen) atoms. The Hall–Kier alpha value is -0.610. The number of rotatable bonds is 6. The zero-order valence-corrected chi connectivity index (χ0v) is 7.14. The fourth-order valence-electron chi connectivity index (χ4n) is 0.587. The van der Waals surface area contributed by atoms with Crippen LogP contribution in [0.15, 0.2) is 0 Å². The Morgan fingerprint density at radius 2 is 2.27 bits per heavy atom. The first-order valence-electron chi connectivity index (χ1n) is 3.84. The van der Waals surface area contributed by atoms with E-state index in [2.05, 4.69) is 17.8 Å². The van der Waals surface area contributed by atoms with Gasteiger partial charge in [-0.05, 0) is 6.42 Å². The molecule has 0 bridgehead atoms. The van der Waals surface area contributed by atoms with Crippen LogP contribution >= 0.6 is 0 Å². The summed E-state index contributed by atoms with van der Waals surface area (Å²) in [5.41, 5.74) is 4.94. The van der Waals surface area contributed by atoms with Crippen LogP contribution in [-0.2, 0) is 9.53 Å². The van der Waals surface area contributed by atoms with Gasteiger partial charge in [0, 0.05) is 13.7 Å². The number of carbonyl (C=O) groups excluding carboxylic acids is 1. The molecule has 0 aliphatic rings. The van der Waals surface area contributed by atoms with Crippen molar-refractivity contribution >= 4 is 5.91 Å². The van der Waals surface area contributed by atoms with E-state index in [0.29, 0.717) is 6.61 Å². The lowest BCUT2D eigenvalue weighted by Crippen LogP contribution is -2.36. The summed E-state index contributed by atoms with van der Waals surface area (Å²) in [6, 6.07) is 0. The highest BCUT2D eigenvalue weighted by molar-refractivity contribution is 5.76. The highest BCUT2D eigenvalue weighted by Crippen LogP contribution is 1.86. The van der Waals surface area contributed by atoms with Crippen molar-refractivity contribution in [2.45, 2.75) is 19.8 Å². The van der Waals surface area contributed by atoms with E-state index >= 15 is 0 Å². The Labute approximate surface area is 67.3 Å². The number of ether oxygens (including phenoxy) is 1. The second-order valence-electron chi connectivity index (χ2n) is 2.20. The number of hydrogen-bond acceptors (Lipinski definition) is 3. The van der Waals surface area contributed by atoms with E-state index in [4.69, 9.17) is 4.74 Å². The minimum Gasteiger partial charge on any atom is -0.372 e. The van der Waals surface area contributed by atoms with Gasteiger partial charge in [-0.3, -0.25) is 10.2 Å². The molecular weight excluding hydrogens is 144 g/mol. The molecule has 1 amide bonds. The van der Waals surface area contributed by atoms with Gasteiger partial charge in [-0.15, -0.1) is 0 Å². The molecule has 0 rings (SSSR count). The number of hydrogen-bond donors (Lipinski definition) is 2. The third-order valence-corrected chi connectivity index (χ3v) is 1.14. The summed E-state index contributed by atoms with van der Waals surface area (Å²) in [6.07, 6.45) is 2.10. The summed E-state index contributed by atoms with van der Waals surface area (Å²) in [7, 11) is 1.64. The first-order chi connectivity index (χ1) is 5.31. The Morgan fingerprint density at radius 1 is 1.55 bits per heavy atom. The van der Waals surface area contributed by atoms with Crippen molar-refractivity contribution in [3.63, 3.8) is 0 Å². The zero-order valence-electron chi connectivity index (χ0n) is 7.14. The molecular formula is C7H16N2O2. The number of nitrogens with one attached hydrogen (secondary N) is 2. The average molecular weight is 160 g/mol. The highest BCUT2D eigenvalue weighted by Gasteiger charge is 1.96. The van der Waals surface area contributed by atoms with Crippen molar-refractivity contribution in [3.05, 3.63) is 0 Å². The lowest BCUT2D eigenvalue weighted by Gasteiger charge is -2.03. The third kappa shape index (κ3) is 7.29. The number of unbranched alkanes of at least 4 members (excludes halogenated alkanes) is 1. The van der Waals surface area contributed by atoms with E-state index in [0.717, 1.165) is 12.8 Å². The predicted molar refractivity (Wildman–Crippen MR) is 42.9 cm³/mol. The first kappa shape index (κ1) is 10.4. The van der Waals surface area contributed by atoms with Gasteiger partial charge < -0.3 is 4.74 Å². The van der Waals surface area contributed by atoms with Gasteiger partial charge in [0.1, 0.15) is 6.61 Å². The van der Waals surface area contributed by atoms with E-state index < -0.39 is 0 Å². The fourth-order valence-corrected chi connectivity index (χ4v) is 0.587. The van der Waals surface area contributed by atoms with Crippen LogP contribution in [0.5, 0.6) is 0 Å². The quantitative estimate of drug-likeness (QED) is 0.426. The molecule has 0 unspecified atom stereocenters. The van der Waals surface area contributed by atoms with Gasteiger partial charge >= 0.3 is 0 Å². The molecule has 0 aromatic carbocycles. The molecule has 0 saturated carbocycles. The van der Waals surface area contributed by atoms with Gasteiger partial charge in [0.15, 0.2) is 0 Å². The summed E-state index contributed by atoms with van der Waals surface area (Å²) in [5, 5.41) is 0. The van der Waals surface area contributed by atoms with Gasteiger partial charge in [-0.2, -0.15) is 0 Å². The zero-order chi connectivity index (χ0) is 8.53. The lowest BCUT2D eigenvalue weighted by molar-refractivity contribution is -0.126. The maximum atomic E-state index is 10.7. The second-order valence-corrected chi connectivity index (χ2v) is 2.20. The molecule has 0 aromatic rings. The van der Waals surface area contributed by atoms with Crippen LogP contribution in [0.4, 0.5) is 0 Å². The van der Waals surface area contributed by atoms with Gasteiger partial charge in [0.2, 0.25) is 0 Å². The topological polar surface area (TPSA) is 50.4 Å². The van der Waals surface area contributed by atoms with Crippen LogP contribution in [0, 0.1) is 0 Å². The molecule has 0 radical (unpaired) electrons. The van der Waals surface area contributed by atoms with Crippen molar-refractivity contribution in [3.8, 4) is 0 Å². The maximum Gasteiger partial charge on any atom is 0.260 e. The summed E-state index contributed by atoms with van der Waals surface area (Å²) in [4.78, 5) is 10.7. The van der Waals surface area contributed by atoms with Crippen molar-refractivity contribution in [2.75, 3.05) is 20.3 Å². The van der Waals surface area contributed by atoms with Crippen LogP contribution in [0.25, 0.3) is 0 Å². The Balaban J connectivity index is 3.04. The molecule has 0 spiro atoms. The first-order valence-corrected chi connectivity index (χ1v) is 3.84. The smallest absolute Gasteiger partial charge is 0.260 e. The summed E-state index contributed by atoms with van der Waals surface area (Å²) < 4.78 is 5.04. The number of carbonyl (C=O) groups is 1. The largest absolute Gasteiger partial charge is 0.372 e. The molecule has 0 aromatic heterocycles. The molecule has 4 heteroatoms. The number of hydrazine groups is 1. The molecule has 0 fully saturated rings. The third-order valence-electron chi connectivity index (χ3n) is 1.14. The molecule has 2 N–H and O–H groups in total. The molecule has 4 nitrogen and oxygen atoms in total. The Bertz CT molecular complexity index is 107. The normalized spacial score (nSPS) is 9.64. The van der Waals surface area contributed by atoms with Gasteiger partial charge in [0.05, 0.1) is 0 Å². The molecule has 0 aliphatic heterocycles. The minimum absolute atomic E-state index is 0.136. The van der Waals surface area contributed by atoms with Crippen LogP contribution < -0.4 is 10.9 Å². The summed E-state index contributed by atoms with van der Waals surface area (Å²) in [5.74, 6) is -0.136. The predicted octanol–water partition coefficient (Wildman–Crippen LogP) is 0.0537. The standard InChI is InChI=1S/C7H16N2O2/c1-3-4-5-11-6-7(10)9-8-2/h8H,3-6H2,1-2H3,(H,9,10). The summed E-state index contributed by atoms with van der Waals surface area (Å²) >= 11 is 0. The van der Waals surface area contributed by atoms with Crippen molar-refractivity contribution in [2.24, 2.45) is 0 Å². The van der Waals surface area contributed by atoms with E-state index in [9.17, 15) is 4.79 Å². The molecule has 0 atom stereocenters. The van der Waals surface area contributed by atoms with Gasteiger partial charge in [-0.1, -0.05) is 13.3 Å². The van der Waals surface area contributed by atoms with Crippen molar-refractivity contribution < 1.29 is 9.53 Å². The average Bonchev–Trinajstić information content (AvgIpc) is 1.99. The lowest BCUT2D eigenvalue weighted by atomic mass is 10.4. The van der Waals surface area contributed by atoms with Crippen LogP contribution in [0.1, 0.15) is 19.8 Å². The van der Waals surface area contributed by atoms with Crippen LogP contribution in [-0.4, -0.2) is 26.2 Å². The minimum atomic E-state index is -0.136. The van der Waals surface area contributed by atoms with Crippen LogP contribution in [0.3, 0.4) is 0 Å². The Kier molecular flexibility index (Phi) is 7.08. The van der Waals surface area contributed by atoms with Crippen LogP contribution in [0.2, 0.25) is 0 Å². The van der Waals surface area contributed by atoms with E-state index in [1.807, 2.05) is 0 Å². The van der Waals surface area contributed by atoms with E-state index in [1.54, 1.807) is 7.05 Å². The van der Waals surface area contributed by atoms with Gasteiger partial charge in [0.25, 0.3) is 5.91 Å². The fraction of sp³-hybridized carbons (Fsp3) is 0.857. The Morgan fingerprint density at radius 3 is 2.82 bits per heavy atom. The van der Waals surface area contributed by atoms with E-state index in [1.165, 1.54) is 0 Å². The summed E-state index contributed by atoms with van der Waals surface area (Å²) in [6.45, 7) is 2.88. The highest BCUT2D eigenvalue weighted by atomic mass is 16.5. The molecule has 0 aliphatic carbocycles. The molecule has 66 valence electrons. The van der Waals surface area contributed by atoms with E-state index in [-0.39, 0.29) is 12.5 Å². The van der Waals surface area contributed by atoms with Crippen molar-refractivity contribution in [1.82, 2.24) is 10.9 Å². The van der Waals surface area contributed by atoms with Crippen molar-refractivity contribution in [1.29, 1.82) is 0 Å². The SMILES string of the molecule is CCCCOCC(=O)NNC. The molecule has 0 saturated heterocycles. The number of amides is 1. The molecule has 0 heterocycles. The monoisotopic (exact) mass is 160 g/mol. The second kappa shape index (κ2) is 7.50. The maximum absolute atomic E-state index is 10.7.